The van der Waals surface area contributed by atoms with E-state index in [2.05, 4.69) is 26.6 Å². The SMILES string of the molecule is CSCC[C@H](NC(=O)Nc1cc(Cl)c(C)cc1Br)C(=O)O. The van der Waals surface area contributed by atoms with Gasteiger partial charge in [0.15, 0.2) is 0 Å². The van der Waals surface area contributed by atoms with E-state index in [9.17, 15) is 9.59 Å². The number of hydrogen-bond acceptors (Lipinski definition) is 3. The van der Waals surface area contributed by atoms with Gasteiger partial charge >= 0.3 is 12.0 Å². The number of benzene rings is 1. The van der Waals surface area contributed by atoms with E-state index in [0.29, 0.717) is 27.4 Å². The molecule has 1 aromatic carbocycles. The summed E-state index contributed by atoms with van der Waals surface area (Å²) < 4.78 is 0.676. The lowest BCUT2D eigenvalue weighted by Crippen LogP contribution is -2.43. The van der Waals surface area contributed by atoms with Gasteiger partial charge in [-0.1, -0.05) is 11.6 Å². The summed E-state index contributed by atoms with van der Waals surface area (Å²) in [7, 11) is 0. The number of carbonyl (C=O) groups excluding carboxylic acids is 1. The summed E-state index contributed by atoms with van der Waals surface area (Å²) >= 11 is 10.9. The largest absolute Gasteiger partial charge is 0.480 e. The Hall–Kier alpha value is -0.920. The Bertz CT molecular complexity index is 542. The number of halogens is 2. The second-order valence-electron chi connectivity index (χ2n) is 4.35. The number of aliphatic carboxylic acids is 1. The highest BCUT2D eigenvalue weighted by atomic mass is 79.9. The molecule has 0 aliphatic heterocycles. The molecule has 0 heterocycles. The maximum Gasteiger partial charge on any atom is 0.326 e. The highest BCUT2D eigenvalue weighted by Crippen LogP contribution is 2.29. The number of carboxylic acids is 1. The summed E-state index contributed by atoms with van der Waals surface area (Å²) in [6.07, 6.45) is 2.24. The number of aryl methyl sites for hydroxylation is 1. The van der Waals surface area contributed by atoms with Gasteiger partial charge in [-0.15, -0.1) is 0 Å². The first-order chi connectivity index (χ1) is 9.85. The van der Waals surface area contributed by atoms with Crippen LogP contribution in [0.25, 0.3) is 0 Å². The molecule has 0 saturated carbocycles. The summed E-state index contributed by atoms with van der Waals surface area (Å²) in [4.78, 5) is 23.0. The van der Waals surface area contributed by atoms with Crippen LogP contribution in [-0.4, -0.2) is 35.2 Å². The molecule has 116 valence electrons. The fraction of sp³-hybridized carbons (Fsp3) is 0.385. The van der Waals surface area contributed by atoms with Crippen LogP contribution in [0.15, 0.2) is 16.6 Å². The van der Waals surface area contributed by atoms with Crippen LogP contribution < -0.4 is 10.6 Å². The second kappa shape index (κ2) is 8.51. The van der Waals surface area contributed by atoms with Gasteiger partial charge < -0.3 is 15.7 Å². The van der Waals surface area contributed by atoms with Crippen LogP contribution in [0.1, 0.15) is 12.0 Å². The predicted molar refractivity (Wildman–Crippen MR) is 90.5 cm³/mol. The van der Waals surface area contributed by atoms with Gasteiger partial charge in [0.1, 0.15) is 6.04 Å². The molecule has 1 atom stereocenters. The Morgan fingerprint density at radius 2 is 2.14 bits per heavy atom. The lowest BCUT2D eigenvalue weighted by atomic mass is 10.2. The van der Waals surface area contributed by atoms with Gasteiger partial charge in [0.25, 0.3) is 0 Å². The number of carbonyl (C=O) groups is 2. The van der Waals surface area contributed by atoms with Crippen molar-refractivity contribution in [1.29, 1.82) is 0 Å². The van der Waals surface area contributed by atoms with Gasteiger partial charge in [0.2, 0.25) is 0 Å². The highest BCUT2D eigenvalue weighted by molar-refractivity contribution is 9.10. The van der Waals surface area contributed by atoms with E-state index in [1.807, 2.05) is 13.2 Å². The Morgan fingerprint density at radius 3 is 2.71 bits per heavy atom. The van der Waals surface area contributed by atoms with Gasteiger partial charge in [-0.05, 0) is 59.0 Å². The minimum absolute atomic E-state index is 0.361. The van der Waals surface area contributed by atoms with E-state index in [-0.39, 0.29) is 0 Å². The zero-order chi connectivity index (χ0) is 16.0. The molecule has 0 radical (unpaired) electrons. The van der Waals surface area contributed by atoms with Gasteiger partial charge in [0, 0.05) is 9.50 Å². The summed E-state index contributed by atoms with van der Waals surface area (Å²) in [5.41, 5.74) is 1.36. The third-order valence-corrected chi connectivity index (χ3v) is 4.42. The molecule has 5 nitrogen and oxygen atoms in total. The average Bonchev–Trinajstić information content (AvgIpc) is 2.40. The number of carboxylic acid groups (broad SMARTS) is 1. The second-order valence-corrected chi connectivity index (χ2v) is 6.60. The van der Waals surface area contributed by atoms with Crippen LogP contribution in [0.3, 0.4) is 0 Å². The number of rotatable bonds is 6. The van der Waals surface area contributed by atoms with Gasteiger partial charge in [-0.3, -0.25) is 0 Å². The standard InChI is InChI=1S/C13H16BrClN2O3S/c1-7-5-8(14)11(6-9(7)15)17-13(20)16-10(12(18)19)3-4-21-2/h5-6,10H,3-4H2,1-2H3,(H,18,19)(H2,16,17,20)/t10-/m0/s1. The van der Waals surface area contributed by atoms with E-state index in [1.165, 1.54) is 11.8 Å². The van der Waals surface area contributed by atoms with E-state index < -0.39 is 18.0 Å². The molecule has 0 saturated heterocycles. The van der Waals surface area contributed by atoms with Crippen LogP contribution in [0.5, 0.6) is 0 Å². The summed E-state index contributed by atoms with van der Waals surface area (Å²) in [5.74, 6) is -0.405. The molecular formula is C13H16BrClN2O3S. The van der Waals surface area contributed by atoms with Crippen molar-refractivity contribution in [1.82, 2.24) is 5.32 Å². The number of amides is 2. The van der Waals surface area contributed by atoms with E-state index >= 15 is 0 Å². The smallest absolute Gasteiger partial charge is 0.326 e. The van der Waals surface area contributed by atoms with Crippen molar-refractivity contribution in [3.8, 4) is 0 Å². The molecule has 1 rings (SSSR count). The zero-order valence-electron chi connectivity index (χ0n) is 11.6. The predicted octanol–water partition coefficient (Wildman–Crippen LogP) is 3.74. The lowest BCUT2D eigenvalue weighted by Gasteiger charge is -2.15. The van der Waals surface area contributed by atoms with Crippen molar-refractivity contribution in [2.75, 3.05) is 17.3 Å². The molecule has 3 N–H and O–H groups in total. The quantitative estimate of drug-likeness (QED) is 0.685. The Kier molecular flexibility index (Phi) is 7.34. The monoisotopic (exact) mass is 394 g/mol. The molecule has 0 bridgehead atoms. The summed E-state index contributed by atoms with van der Waals surface area (Å²) in [6, 6.07) is 1.89. The first-order valence-corrected chi connectivity index (χ1v) is 8.66. The number of anilines is 1. The molecule has 0 aromatic heterocycles. The Labute approximate surface area is 140 Å². The summed E-state index contributed by atoms with van der Waals surface area (Å²) in [6.45, 7) is 1.85. The fourth-order valence-electron chi connectivity index (χ4n) is 1.55. The first-order valence-electron chi connectivity index (χ1n) is 6.10. The molecule has 8 heteroatoms. The number of nitrogens with one attached hydrogen (secondary N) is 2. The van der Waals surface area contributed by atoms with Crippen molar-refractivity contribution in [3.05, 3.63) is 27.2 Å². The minimum atomic E-state index is -1.06. The topological polar surface area (TPSA) is 78.4 Å². The van der Waals surface area contributed by atoms with Gasteiger partial charge in [0.05, 0.1) is 5.69 Å². The molecule has 2 amide bonds. The van der Waals surface area contributed by atoms with Crippen molar-refractivity contribution >= 4 is 57.0 Å². The van der Waals surface area contributed by atoms with E-state index in [0.717, 1.165) is 5.56 Å². The Morgan fingerprint density at radius 1 is 1.48 bits per heavy atom. The first kappa shape index (κ1) is 18.1. The highest BCUT2D eigenvalue weighted by Gasteiger charge is 2.19. The molecule has 0 fully saturated rings. The molecule has 1 aromatic rings. The molecule has 0 aliphatic carbocycles. The zero-order valence-corrected chi connectivity index (χ0v) is 14.7. The minimum Gasteiger partial charge on any atom is -0.480 e. The van der Waals surface area contributed by atoms with Crippen LogP contribution in [0.4, 0.5) is 10.5 Å². The number of hydrogen-bond donors (Lipinski definition) is 3. The number of thioether (sulfide) groups is 1. The normalized spacial score (nSPS) is 11.8. The van der Waals surface area contributed by atoms with E-state index in [1.54, 1.807) is 12.1 Å². The third kappa shape index (κ3) is 5.76. The molecular weight excluding hydrogens is 380 g/mol. The van der Waals surface area contributed by atoms with Crippen LogP contribution in [-0.2, 0) is 4.79 Å². The van der Waals surface area contributed by atoms with Gasteiger partial charge in [-0.2, -0.15) is 11.8 Å². The van der Waals surface area contributed by atoms with Crippen LogP contribution >= 0.6 is 39.3 Å². The van der Waals surface area contributed by atoms with Crippen molar-refractivity contribution < 1.29 is 14.7 Å². The number of urea groups is 1. The van der Waals surface area contributed by atoms with E-state index in [4.69, 9.17) is 16.7 Å². The molecule has 0 unspecified atom stereocenters. The third-order valence-electron chi connectivity index (χ3n) is 2.71. The maximum absolute atomic E-state index is 11.9. The molecule has 21 heavy (non-hydrogen) atoms. The van der Waals surface area contributed by atoms with Crippen molar-refractivity contribution in [2.45, 2.75) is 19.4 Å². The average molecular weight is 396 g/mol. The van der Waals surface area contributed by atoms with Gasteiger partial charge in [-0.25, -0.2) is 9.59 Å². The maximum atomic E-state index is 11.9. The van der Waals surface area contributed by atoms with Crippen LogP contribution in [0.2, 0.25) is 5.02 Å². The molecule has 0 spiro atoms. The fourth-order valence-corrected chi connectivity index (χ4v) is 2.74. The van der Waals surface area contributed by atoms with Crippen molar-refractivity contribution in [3.63, 3.8) is 0 Å². The summed E-state index contributed by atoms with van der Waals surface area (Å²) in [5, 5.41) is 14.6. The van der Waals surface area contributed by atoms with Crippen molar-refractivity contribution in [2.24, 2.45) is 0 Å². The molecule has 0 aliphatic rings. The Balaban J connectivity index is 2.72. The van der Waals surface area contributed by atoms with Crippen LogP contribution in [0, 0.1) is 6.92 Å². The lowest BCUT2D eigenvalue weighted by molar-refractivity contribution is -0.139.